The van der Waals surface area contributed by atoms with Crippen LogP contribution in [0.25, 0.3) is 11.1 Å². The van der Waals surface area contributed by atoms with E-state index in [1.807, 2.05) is 0 Å². The summed E-state index contributed by atoms with van der Waals surface area (Å²) in [6.45, 7) is 20.9. The van der Waals surface area contributed by atoms with Crippen LogP contribution >= 0.6 is 8.58 Å². The maximum atomic E-state index is 6.38. The number of hydrogen-bond donors (Lipinski definition) is 0. The van der Waals surface area contributed by atoms with Crippen LogP contribution in [-0.2, 0) is 16.8 Å². The third-order valence-corrected chi connectivity index (χ3v) is 8.23. The van der Waals surface area contributed by atoms with Crippen molar-refractivity contribution in [1.82, 2.24) is 0 Å². The Hall–Kier alpha value is -1.17. The molecule has 0 aromatic heterocycles. The fraction of sp³-hybridized carbons (Fsp3) is 0.538. The molecule has 1 atom stereocenters. The lowest BCUT2D eigenvalue weighted by molar-refractivity contribution is -0.0501. The van der Waals surface area contributed by atoms with Crippen LogP contribution in [0.15, 0.2) is 42.5 Å². The van der Waals surface area contributed by atoms with E-state index in [2.05, 4.69) is 105 Å². The highest BCUT2D eigenvalue weighted by molar-refractivity contribution is 7.39. The molecule has 28 heavy (non-hydrogen) atoms. The van der Waals surface area contributed by atoms with Crippen LogP contribution in [0.4, 0.5) is 0 Å². The minimum absolute atomic E-state index is 0.0571. The molecule has 0 spiro atoms. The van der Waals surface area contributed by atoms with Crippen molar-refractivity contribution in [3.63, 3.8) is 0 Å². The first kappa shape index (κ1) is 23.1. The van der Waals surface area contributed by atoms with Crippen molar-refractivity contribution in [3.8, 4) is 11.1 Å². The summed E-state index contributed by atoms with van der Waals surface area (Å²) in [5.41, 5.74) is 6.78. The van der Waals surface area contributed by atoms with Gasteiger partial charge in [0.1, 0.15) is 0 Å². The van der Waals surface area contributed by atoms with Crippen LogP contribution in [0.2, 0.25) is 0 Å². The highest BCUT2D eigenvalue weighted by Crippen LogP contribution is 2.49. The summed E-state index contributed by atoms with van der Waals surface area (Å²) in [7, 11) is 0.853. The Balaban J connectivity index is 0.000000878. The molecule has 0 saturated carbocycles. The van der Waals surface area contributed by atoms with Gasteiger partial charge in [-0.3, -0.25) is 0 Å². The van der Waals surface area contributed by atoms with Gasteiger partial charge < -0.3 is 4.74 Å². The second-order valence-electron chi connectivity index (χ2n) is 9.43. The van der Waals surface area contributed by atoms with Crippen LogP contribution < -0.4 is 0 Å². The first-order valence-electron chi connectivity index (χ1n) is 10.6. The van der Waals surface area contributed by atoms with Gasteiger partial charge in [-0.1, -0.05) is 90.4 Å². The number of hydrogen-bond acceptors (Lipinski definition) is 1. The van der Waals surface area contributed by atoms with Gasteiger partial charge in [0, 0.05) is 10.6 Å². The van der Waals surface area contributed by atoms with E-state index in [0.717, 1.165) is 8.58 Å². The van der Waals surface area contributed by atoms with E-state index < -0.39 is 0 Å². The van der Waals surface area contributed by atoms with Gasteiger partial charge in [0.2, 0.25) is 0 Å². The number of fused-ring (bicyclic) bond motifs is 3. The standard InChI is InChI=1S/C23H31OP.C3H8/c1-21(2)19-11-9-8-10-17(19)18-13-12-16(14-20(18)21)15-24-22(3,4)23(5,6)25-7;1-3-2/h8-14,25H,15H2,1-7H3;3H2,1-2H3. The summed E-state index contributed by atoms with van der Waals surface area (Å²) in [5.74, 6) is 0. The zero-order chi connectivity index (χ0) is 21.2. The third-order valence-electron chi connectivity index (χ3n) is 6.38. The lowest BCUT2D eigenvalue weighted by atomic mass is 9.82. The van der Waals surface area contributed by atoms with Crippen molar-refractivity contribution in [2.75, 3.05) is 6.66 Å². The highest BCUT2D eigenvalue weighted by atomic mass is 31.1. The van der Waals surface area contributed by atoms with Gasteiger partial charge in [-0.25, -0.2) is 0 Å². The second-order valence-corrected chi connectivity index (χ2v) is 11.2. The molecule has 1 aliphatic carbocycles. The predicted molar refractivity (Wildman–Crippen MR) is 127 cm³/mol. The monoisotopic (exact) mass is 398 g/mol. The van der Waals surface area contributed by atoms with Crippen LogP contribution in [0.5, 0.6) is 0 Å². The van der Waals surface area contributed by atoms with E-state index in [4.69, 9.17) is 4.74 Å². The SMILES string of the molecule is CCC.CPC(C)(C)C(C)(C)OCc1ccc2c(c1)C(C)(C)c1ccccc1-2. The van der Waals surface area contributed by atoms with Crippen LogP contribution in [-0.4, -0.2) is 17.4 Å². The van der Waals surface area contributed by atoms with E-state index in [9.17, 15) is 0 Å². The lowest BCUT2D eigenvalue weighted by Crippen LogP contribution is -2.43. The summed E-state index contributed by atoms with van der Waals surface area (Å²) < 4.78 is 6.38. The van der Waals surface area contributed by atoms with Crippen LogP contribution in [0, 0.1) is 0 Å². The molecule has 0 radical (unpaired) electrons. The number of benzene rings is 2. The molecule has 0 saturated heterocycles. The minimum atomic E-state index is -0.141. The van der Waals surface area contributed by atoms with Gasteiger partial charge in [0.05, 0.1) is 12.2 Å². The zero-order valence-corrected chi connectivity index (χ0v) is 20.4. The fourth-order valence-corrected chi connectivity index (χ4v) is 4.26. The molecular formula is C26H39OP. The summed E-state index contributed by atoms with van der Waals surface area (Å²) in [5, 5.41) is 0.180. The molecule has 1 unspecified atom stereocenters. The van der Waals surface area contributed by atoms with E-state index >= 15 is 0 Å². The third kappa shape index (κ3) is 4.37. The second kappa shape index (κ2) is 8.68. The topological polar surface area (TPSA) is 9.23 Å². The normalized spacial score (nSPS) is 15.2. The largest absolute Gasteiger partial charge is 0.370 e. The average molecular weight is 399 g/mol. The zero-order valence-electron chi connectivity index (χ0n) is 19.4. The number of rotatable bonds is 5. The van der Waals surface area contributed by atoms with Crippen molar-refractivity contribution in [2.24, 2.45) is 0 Å². The van der Waals surface area contributed by atoms with Crippen molar-refractivity contribution in [1.29, 1.82) is 0 Å². The van der Waals surface area contributed by atoms with Crippen LogP contribution in [0.1, 0.15) is 78.5 Å². The van der Waals surface area contributed by atoms with Gasteiger partial charge in [-0.05, 0) is 48.3 Å². The molecule has 0 bridgehead atoms. The van der Waals surface area contributed by atoms with E-state index in [1.54, 1.807) is 0 Å². The molecular weight excluding hydrogens is 359 g/mol. The molecule has 0 N–H and O–H groups in total. The Morgan fingerprint density at radius 3 is 2.07 bits per heavy atom. The van der Waals surface area contributed by atoms with E-state index in [1.165, 1.54) is 34.2 Å². The van der Waals surface area contributed by atoms with Gasteiger partial charge in [0.25, 0.3) is 0 Å². The van der Waals surface area contributed by atoms with Gasteiger partial charge >= 0.3 is 0 Å². The Kier molecular flexibility index (Phi) is 7.17. The van der Waals surface area contributed by atoms with Crippen molar-refractivity contribution in [2.45, 2.75) is 84.6 Å². The van der Waals surface area contributed by atoms with Crippen molar-refractivity contribution >= 4 is 8.58 Å². The molecule has 0 heterocycles. The Bertz CT molecular complexity index is 802. The van der Waals surface area contributed by atoms with Crippen LogP contribution in [0.3, 0.4) is 0 Å². The smallest absolute Gasteiger partial charge is 0.0724 e. The Labute approximate surface area is 175 Å². The van der Waals surface area contributed by atoms with Crippen molar-refractivity contribution < 1.29 is 4.74 Å². The Morgan fingerprint density at radius 2 is 1.46 bits per heavy atom. The number of ether oxygens (including phenoxy) is 1. The summed E-state index contributed by atoms with van der Waals surface area (Å²) in [6, 6.07) is 15.7. The average Bonchev–Trinajstić information content (AvgIpc) is 2.88. The molecule has 0 amide bonds. The molecule has 154 valence electrons. The van der Waals surface area contributed by atoms with Gasteiger partial charge in [-0.2, -0.15) is 0 Å². The lowest BCUT2D eigenvalue weighted by Gasteiger charge is -2.41. The molecule has 2 aromatic carbocycles. The minimum Gasteiger partial charge on any atom is -0.370 e. The highest BCUT2D eigenvalue weighted by Gasteiger charge is 2.37. The molecule has 2 aromatic rings. The van der Waals surface area contributed by atoms with Gasteiger partial charge in [0.15, 0.2) is 0 Å². The quantitative estimate of drug-likeness (QED) is 0.467. The fourth-order valence-electron chi connectivity index (χ4n) is 3.59. The van der Waals surface area contributed by atoms with E-state index in [0.29, 0.717) is 6.61 Å². The molecule has 1 nitrogen and oxygen atoms in total. The summed E-state index contributed by atoms with van der Waals surface area (Å²) in [6.07, 6.45) is 1.25. The van der Waals surface area contributed by atoms with Crippen molar-refractivity contribution in [3.05, 3.63) is 59.2 Å². The van der Waals surface area contributed by atoms with Gasteiger partial charge in [-0.15, -0.1) is 8.58 Å². The summed E-state index contributed by atoms with van der Waals surface area (Å²) in [4.78, 5) is 0. The molecule has 0 fully saturated rings. The summed E-state index contributed by atoms with van der Waals surface area (Å²) >= 11 is 0. The maximum absolute atomic E-state index is 6.38. The first-order chi connectivity index (χ1) is 13.0. The van der Waals surface area contributed by atoms with E-state index in [-0.39, 0.29) is 16.2 Å². The predicted octanol–water partition coefficient (Wildman–Crippen LogP) is 7.79. The maximum Gasteiger partial charge on any atom is 0.0724 e. The Morgan fingerprint density at radius 1 is 0.893 bits per heavy atom. The molecule has 3 rings (SSSR count). The molecule has 1 aliphatic rings. The molecule has 2 heteroatoms. The first-order valence-corrected chi connectivity index (χ1v) is 12.1. The molecule has 0 aliphatic heterocycles.